The third kappa shape index (κ3) is 3.57. The quantitative estimate of drug-likeness (QED) is 0.915. The zero-order chi connectivity index (χ0) is 13.0. The van der Waals surface area contributed by atoms with Gasteiger partial charge in [-0.3, -0.25) is 4.90 Å². The minimum absolute atomic E-state index is 0.0800. The number of benzene rings is 1. The predicted molar refractivity (Wildman–Crippen MR) is 68.7 cm³/mol. The Bertz CT molecular complexity index is 385. The monoisotopic (exact) mass is 273 g/mol. The van der Waals surface area contributed by atoms with E-state index in [0.29, 0.717) is 0 Å². The van der Waals surface area contributed by atoms with E-state index in [9.17, 15) is 9.50 Å². The summed E-state index contributed by atoms with van der Waals surface area (Å²) in [6, 6.07) is 2.97. The molecule has 0 aliphatic carbocycles. The molecule has 100 valence electrons. The number of hydrogen-bond acceptors (Lipinski definition) is 3. The molecule has 1 N–H and O–H groups in total. The first-order valence-corrected chi connectivity index (χ1v) is 6.51. The number of hydrogen-bond donors (Lipinski definition) is 1. The van der Waals surface area contributed by atoms with Gasteiger partial charge >= 0.3 is 0 Å². The Morgan fingerprint density at radius 1 is 1.33 bits per heavy atom. The van der Waals surface area contributed by atoms with Crippen LogP contribution in [0.15, 0.2) is 12.1 Å². The molecule has 1 aliphatic heterocycles. The van der Waals surface area contributed by atoms with Crippen molar-refractivity contribution in [2.24, 2.45) is 0 Å². The molecule has 0 amide bonds. The number of aryl methyl sites for hydroxylation is 1. The average molecular weight is 274 g/mol. The fourth-order valence-corrected chi connectivity index (χ4v) is 2.32. The molecule has 2 rings (SSSR count). The van der Waals surface area contributed by atoms with E-state index in [2.05, 4.69) is 4.90 Å². The summed E-state index contributed by atoms with van der Waals surface area (Å²) in [7, 11) is 0. The summed E-state index contributed by atoms with van der Waals surface area (Å²) in [5, 5.41) is 9.31. The minimum Gasteiger partial charge on any atom is -0.504 e. The van der Waals surface area contributed by atoms with Crippen molar-refractivity contribution >= 4 is 11.6 Å². The molecular weight excluding hydrogens is 257 g/mol. The molecule has 3 nitrogen and oxygen atoms in total. The third-order valence-electron chi connectivity index (χ3n) is 3.12. The van der Waals surface area contributed by atoms with Crippen molar-refractivity contribution in [3.05, 3.63) is 28.5 Å². The van der Waals surface area contributed by atoms with Gasteiger partial charge in [0.05, 0.1) is 18.2 Å². The first-order valence-electron chi connectivity index (χ1n) is 6.14. The second-order valence-electron chi connectivity index (χ2n) is 4.47. The highest BCUT2D eigenvalue weighted by Crippen LogP contribution is 2.28. The number of nitrogens with zero attached hydrogens (tertiary/aromatic N) is 1. The average Bonchev–Trinajstić information content (AvgIpc) is 2.37. The zero-order valence-electron chi connectivity index (χ0n) is 10.2. The van der Waals surface area contributed by atoms with Gasteiger partial charge in [-0.05, 0) is 37.1 Å². The van der Waals surface area contributed by atoms with Crippen molar-refractivity contribution in [2.75, 3.05) is 32.8 Å². The van der Waals surface area contributed by atoms with E-state index in [1.165, 1.54) is 6.07 Å². The Balaban J connectivity index is 1.82. The Labute approximate surface area is 111 Å². The molecule has 5 heteroatoms. The van der Waals surface area contributed by atoms with Crippen molar-refractivity contribution in [1.82, 2.24) is 4.90 Å². The molecule has 0 spiro atoms. The second kappa shape index (κ2) is 6.36. The number of halogens is 2. The van der Waals surface area contributed by atoms with Crippen LogP contribution in [0.1, 0.15) is 12.0 Å². The van der Waals surface area contributed by atoms with E-state index in [-0.39, 0.29) is 5.02 Å². The molecule has 0 saturated carbocycles. The van der Waals surface area contributed by atoms with Crippen LogP contribution < -0.4 is 0 Å². The summed E-state index contributed by atoms with van der Waals surface area (Å²) in [6.07, 6.45) is 1.70. The second-order valence-corrected chi connectivity index (χ2v) is 4.87. The van der Waals surface area contributed by atoms with E-state index in [4.69, 9.17) is 16.3 Å². The molecule has 1 aromatic rings. The van der Waals surface area contributed by atoms with Crippen molar-refractivity contribution < 1.29 is 14.2 Å². The highest BCUT2D eigenvalue weighted by atomic mass is 35.5. The molecule has 18 heavy (non-hydrogen) atoms. The maximum atomic E-state index is 13.3. The summed E-state index contributed by atoms with van der Waals surface area (Å²) in [4.78, 5) is 2.34. The third-order valence-corrected chi connectivity index (χ3v) is 3.41. The number of rotatable bonds is 4. The predicted octanol–water partition coefficient (Wildman–Crippen LogP) is 2.45. The highest BCUT2D eigenvalue weighted by Gasteiger charge is 2.11. The summed E-state index contributed by atoms with van der Waals surface area (Å²) in [5.41, 5.74) is 0.823. The van der Waals surface area contributed by atoms with Gasteiger partial charge in [0.2, 0.25) is 0 Å². The largest absolute Gasteiger partial charge is 0.504 e. The van der Waals surface area contributed by atoms with Crippen LogP contribution in [0.3, 0.4) is 0 Å². The molecule has 1 aliphatic rings. The van der Waals surface area contributed by atoms with Crippen LogP contribution >= 0.6 is 11.6 Å². The smallest absolute Gasteiger partial charge is 0.170 e. The number of ether oxygens (including phenoxy) is 1. The molecule has 0 unspecified atom stereocenters. The number of phenols is 1. The van der Waals surface area contributed by atoms with Gasteiger partial charge < -0.3 is 9.84 Å². The molecule has 1 aromatic carbocycles. The van der Waals surface area contributed by atoms with Crippen molar-refractivity contribution in [1.29, 1.82) is 0 Å². The first kappa shape index (κ1) is 13.6. The van der Waals surface area contributed by atoms with Gasteiger partial charge in [0.15, 0.2) is 11.6 Å². The lowest BCUT2D eigenvalue weighted by atomic mass is 10.1. The van der Waals surface area contributed by atoms with E-state index < -0.39 is 11.6 Å². The maximum absolute atomic E-state index is 13.3. The van der Waals surface area contributed by atoms with E-state index in [1.807, 2.05) is 0 Å². The minimum atomic E-state index is -0.649. The van der Waals surface area contributed by atoms with Crippen LogP contribution in [0.5, 0.6) is 5.75 Å². The zero-order valence-corrected chi connectivity index (χ0v) is 10.9. The summed E-state index contributed by atoms with van der Waals surface area (Å²) < 4.78 is 18.5. The van der Waals surface area contributed by atoms with Gasteiger partial charge in [0.1, 0.15) is 0 Å². The van der Waals surface area contributed by atoms with E-state index >= 15 is 0 Å². The van der Waals surface area contributed by atoms with Crippen LogP contribution in [0, 0.1) is 5.82 Å². The summed E-state index contributed by atoms with van der Waals surface area (Å²) in [6.45, 7) is 4.48. The summed E-state index contributed by atoms with van der Waals surface area (Å²) >= 11 is 5.73. The maximum Gasteiger partial charge on any atom is 0.170 e. The number of morpholine rings is 1. The lowest BCUT2D eigenvalue weighted by Crippen LogP contribution is -2.36. The van der Waals surface area contributed by atoms with Crippen LogP contribution in [0.25, 0.3) is 0 Å². The van der Waals surface area contributed by atoms with Gasteiger partial charge in [-0.1, -0.05) is 11.6 Å². The molecule has 0 aromatic heterocycles. The highest BCUT2D eigenvalue weighted by molar-refractivity contribution is 6.32. The number of aromatic hydroxyl groups is 1. The van der Waals surface area contributed by atoms with Gasteiger partial charge in [-0.2, -0.15) is 0 Å². The normalized spacial score (nSPS) is 17.0. The van der Waals surface area contributed by atoms with Crippen molar-refractivity contribution in [3.8, 4) is 5.75 Å². The van der Waals surface area contributed by atoms with Crippen molar-refractivity contribution in [3.63, 3.8) is 0 Å². The molecular formula is C13H17ClFNO2. The Hall–Kier alpha value is -0.840. The SMILES string of the molecule is Oc1c(F)cc(CCCN2CCOCC2)cc1Cl. The van der Waals surface area contributed by atoms with Gasteiger partial charge in [-0.25, -0.2) is 4.39 Å². The number of phenolic OH excluding ortho intramolecular Hbond substituents is 1. The van der Waals surface area contributed by atoms with Crippen LogP contribution in [-0.4, -0.2) is 42.9 Å². The fourth-order valence-electron chi connectivity index (χ4n) is 2.09. The molecule has 0 atom stereocenters. The first-order chi connectivity index (χ1) is 8.66. The topological polar surface area (TPSA) is 32.7 Å². The van der Waals surface area contributed by atoms with Crippen LogP contribution in [-0.2, 0) is 11.2 Å². The summed E-state index contributed by atoms with van der Waals surface area (Å²) in [5.74, 6) is -1.11. The van der Waals surface area contributed by atoms with Gasteiger partial charge in [0, 0.05) is 13.1 Å². The molecule has 1 fully saturated rings. The Morgan fingerprint density at radius 3 is 2.72 bits per heavy atom. The standard InChI is InChI=1S/C13H17ClFNO2/c14-11-8-10(9-12(15)13(11)17)2-1-3-16-4-6-18-7-5-16/h8-9,17H,1-7H2. The van der Waals surface area contributed by atoms with Gasteiger partial charge in [-0.15, -0.1) is 0 Å². The van der Waals surface area contributed by atoms with Crippen LogP contribution in [0.4, 0.5) is 4.39 Å². The molecule has 1 saturated heterocycles. The van der Waals surface area contributed by atoms with Gasteiger partial charge in [0.25, 0.3) is 0 Å². The fraction of sp³-hybridized carbons (Fsp3) is 0.538. The van der Waals surface area contributed by atoms with Crippen LogP contribution in [0.2, 0.25) is 5.02 Å². The van der Waals surface area contributed by atoms with E-state index in [1.54, 1.807) is 6.07 Å². The molecule has 0 bridgehead atoms. The Morgan fingerprint density at radius 2 is 2.06 bits per heavy atom. The van der Waals surface area contributed by atoms with E-state index in [0.717, 1.165) is 51.3 Å². The molecule has 1 heterocycles. The van der Waals surface area contributed by atoms with Crippen molar-refractivity contribution in [2.45, 2.75) is 12.8 Å². The molecule has 0 radical (unpaired) electrons. The Kier molecular flexibility index (Phi) is 4.80. The lowest BCUT2D eigenvalue weighted by Gasteiger charge is -2.26. The lowest BCUT2D eigenvalue weighted by molar-refractivity contribution is 0.0374.